The zero-order valence-corrected chi connectivity index (χ0v) is 8.67. The van der Waals surface area contributed by atoms with E-state index in [1.165, 1.54) is 12.8 Å². The van der Waals surface area contributed by atoms with Gasteiger partial charge in [-0.25, -0.2) is 4.79 Å². The monoisotopic (exact) mass is 185 g/mol. The molecule has 2 N–H and O–H groups in total. The van der Waals surface area contributed by atoms with Gasteiger partial charge >= 0.3 is 6.09 Å². The van der Waals surface area contributed by atoms with Crippen LogP contribution in [0.5, 0.6) is 0 Å². The first-order valence-electron chi connectivity index (χ1n) is 4.83. The number of rotatable bonds is 3. The molecule has 1 rings (SSSR count). The maximum absolute atomic E-state index is 10.5. The predicted octanol–water partition coefficient (Wildman–Crippen LogP) is 2.15. The minimum atomic E-state index is -0.657. The third-order valence-corrected chi connectivity index (χ3v) is 2.71. The van der Waals surface area contributed by atoms with Crippen LogP contribution in [-0.2, 0) is 4.74 Å². The largest absolute Gasteiger partial charge is 0.449 e. The highest BCUT2D eigenvalue weighted by Gasteiger charge is 2.39. The molecule has 1 unspecified atom stereocenters. The topological polar surface area (TPSA) is 52.3 Å². The summed E-state index contributed by atoms with van der Waals surface area (Å²) in [6.07, 6.45) is 1.88. The molecule has 0 aromatic carbocycles. The van der Waals surface area contributed by atoms with E-state index >= 15 is 0 Å². The van der Waals surface area contributed by atoms with Gasteiger partial charge in [0, 0.05) is 5.92 Å². The zero-order chi connectivity index (χ0) is 10.1. The van der Waals surface area contributed by atoms with Gasteiger partial charge in [0.1, 0.15) is 0 Å². The number of nitrogens with two attached hydrogens (primary N) is 1. The standard InChI is InChI=1S/C10H19NO2/c1-10(2,3)8(7-4-5-7)6-13-9(11)12/h7-8H,4-6H2,1-3H3,(H2,11,12). The Labute approximate surface area is 79.6 Å². The molecular formula is C10H19NO2. The molecule has 13 heavy (non-hydrogen) atoms. The summed E-state index contributed by atoms with van der Waals surface area (Å²) in [6, 6.07) is 0. The van der Waals surface area contributed by atoms with Gasteiger partial charge in [-0.05, 0) is 24.2 Å². The smallest absolute Gasteiger partial charge is 0.404 e. The fourth-order valence-corrected chi connectivity index (χ4v) is 1.76. The Morgan fingerprint density at radius 3 is 2.38 bits per heavy atom. The van der Waals surface area contributed by atoms with Gasteiger partial charge in [-0.3, -0.25) is 0 Å². The molecule has 1 fully saturated rings. The van der Waals surface area contributed by atoms with Crippen molar-refractivity contribution in [2.45, 2.75) is 33.6 Å². The van der Waals surface area contributed by atoms with Crippen LogP contribution in [0.2, 0.25) is 0 Å². The third kappa shape index (κ3) is 3.25. The number of primary amides is 1. The molecule has 0 aliphatic heterocycles. The van der Waals surface area contributed by atoms with Gasteiger partial charge in [-0.15, -0.1) is 0 Å². The highest BCUT2D eigenvalue weighted by molar-refractivity contribution is 5.64. The van der Waals surface area contributed by atoms with Crippen LogP contribution >= 0.6 is 0 Å². The van der Waals surface area contributed by atoms with Crippen molar-refractivity contribution in [3.05, 3.63) is 0 Å². The van der Waals surface area contributed by atoms with E-state index < -0.39 is 6.09 Å². The number of carbonyl (C=O) groups is 1. The summed E-state index contributed by atoms with van der Waals surface area (Å²) in [5, 5.41) is 0. The molecule has 0 bridgehead atoms. The molecular weight excluding hydrogens is 166 g/mol. The van der Waals surface area contributed by atoms with Crippen molar-refractivity contribution in [3.8, 4) is 0 Å². The van der Waals surface area contributed by atoms with E-state index in [9.17, 15) is 4.79 Å². The van der Waals surface area contributed by atoms with Gasteiger partial charge in [-0.2, -0.15) is 0 Å². The second-order valence-corrected chi connectivity index (χ2v) is 4.94. The first-order chi connectivity index (χ1) is 5.91. The Morgan fingerprint density at radius 2 is 2.08 bits per heavy atom. The third-order valence-electron chi connectivity index (χ3n) is 2.71. The lowest BCUT2D eigenvalue weighted by atomic mass is 9.78. The van der Waals surface area contributed by atoms with E-state index in [1.54, 1.807) is 0 Å². The van der Waals surface area contributed by atoms with E-state index in [0.717, 1.165) is 5.92 Å². The molecule has 1 atom stereocenters. The van der Waals surface area contributed by atoms with E-state index in [2.05, 4.69) is 20.8 Å². The lowest BCUT2D eigenvalue weighted by Crippen LogP contribution is -2.29. The van der Waals surface area contributed by atoms with Crippen LogP contribution in [0.15, 0.2) is 0 Å². The van der Waals surface area contributed by atoms with Gasteiger partial charge in [0.15, 0.2) is 0 Å². The lowest BCUT2D eigenvalue weighted by Gasteiger charge is -2.30. The molecule has 1 amide bonds. The number of hydrogen-bond donors (Lipinski definition) is 1. The van der Waals surface area contributed by atoms with Crippen molar-refractivity contribution in [3.63, 3.8) is 0 Å². The average molecular weight is 185 g/mol. The van der Waals surface area contributed by atoms with Crippen molar-refractivity contribution < 1.29 is 9.53 Å². The van der Waals surface area contributed by atoms with Crippen molar-refractivity contribution in [1.82, 2.24) is 0 Å². The van der Waals surface area contributed by atoms with Crippen molar-refractivity contribution in [2.24, 2.45) is 23.0 Å². The van der Waals surface area contributed by atoms with Crippen LogP contribution in [0.25, 0.3) is 0 Å². The van der Waals surface area contributed by atoms with E-state index in [4.69, 9.17) is 10.5 Å². The fraction of sp³-hybridized carbons (Fsp3) is 0.900. The number of carbonyl (C=O) groups excluding carboxylic acids is 1. The summed E-state index contributed by atoms with van der Waals surface area (Å²) in [4.78, 5) is 10.5. The molecule has 0 aromatic rings. The quantitative estimate of drug-likeness (QED) is 0.732. The van der Waals surface area contributed by atoms with Gasteiger partial charge in [0.25, 0.3) is 0 Å². The lowest BCUT2D eigenvalue weighted by molar-refractivity contribution is 0.0841. The van der Waals surface area contributed by atoms with Crippen molar-refractivity contribution in [2.75, 3.05) is 6.61 Å². The fourth-order valence-electron chi connectivity index (χ4n) is 1.76. The number of hydrogen-bond acceptors (Lipinski definition) is 2. The van der Waals surface area contributed by atoms with Crippen LogP contribution in [0.1, 0.15) is 33.6 Å². The number of ether oxygens (including phenoxy) is 1. The molecule has 1 aliphatic rings. The van der Waals surface area contributed by atoms with Gasteiger partial charge < -0.3 is 10.5 Å². The summed E-state index contributed by atoms with van der Waals surface area (Å²) >= 11 is 0. The maximum Gasteiger partial charge on any atom is 0.404 e. The van der Waals surface area contributed by atoms with Crippen LogP contribution in [0, 0.1) is 17.3 Å². The zero-order valence-electron chi connectivity index (χ0n) is 8.67. The summed E-state index contributed by atoms with van der Waals surface area (Å²) in [5.74, 6) is 1.19. The molecule has 0 spiro atoms. The van der Waals surface area contributed by atoms with Crippen LogP contribution < -0.4 is 5.73 Å². The van der Waals surface area contributed by atoms with Crippen molar-refractivity contribution >= 4 is 6.09 Å². The van der Waals surface area contributed by atoms with E-state index in [0.29, 0.717) is 12.5 Å². The molecule has 0 saturated heterocycles. The normalized spacial score (nSPS) is 19.6. The molecule has 3 heteroatoms. The van der Waals surface area contributed by atoms with Crippen molar-refractivity contribution in [1.29, 1.82) is 0 Å². The predicted molar refractivity (Wildman–Crippen MR) is 51.2 cm³/mol. The van der Waals surface area contributed by atoms with Crippen LogP contribution in [0.4, 0.5) is 4.79 Å². The second-order valence-electron chi connectivity index (χ2n) is 4.94. The van der Waals surface area contributed by atoms with Crippen LogP contribution in [-0.4, -0.2) is 12.7 Å². The molecule has 76 valence electrons. The summed E-state index contributed by atoms with van der Waals surface area (Å²) < 4.78 is 4.87. The average Bonchev–Trinajstić information content (AvgIpc) is 2.67. The molecule has 1 aliphatic carbocycles. The Morgan fingerprint density at radius 1 is 1.54 bits per heavy atom. The molecule has 3 nitrogen and oxygen atoms in total. The maximum atomic E-state index is 10.5. The number of amides is 1. The van der Waals surface area contributed by atoms with E-state index in [1.807, 2.05) is 0 Å². The molecule has 0 aromatic heterocycles. The Kier molecular flexibility index (Phi) is 2.84. The summed E-state index contributed by atoms with van der Waals surface area (Å²) in [5.41, 5.74) is 5.15. The first kappa shape index (κ1) is 10.4. The highest BCUT2D eigenvalue weighted by Crippen LogP contribution is 2.45. The van der Waals surface area contributed by atoms with Crippen LogP contribution in [0.3, 0.4) is 0 Å². The molecule has 0 heterocycles. The summed E-state index contributed by atoms with van der Waals surface area (Å²) in [6.45, 7) is 7.02. The van der Waals surface area contributed by atoms with Gasteiger partial charge in [0.05, 0.1) is 6.61 Å². The minimum absolute atomic E-state index is 0.205. The minimum Gasteiger partial charge on any atom is -0.449 e. The Hall–Kier alpha value is -0.730. The Bertz CT molecular complexity index is 192. The highest BCUT2D eigenvalue weighted by atomic mass is 16.5. The van der Waals surface area contributed by atoms with E-state index in [-0.39, 0.29) is 5.41 Å². The van der Waals surface area contributed by atoms with Gasteiger partial charge in [-0.1, -0.05) is 20.8 Å². The first-order valence-corrected chi connectivity index (χ1v) is 4.83. The summed E-state index contributed by atoms with van der Waals surface area (Å²) in [7, 11) is 0. The Balaban J connectivity index is 2.43. The second kappa shape index (κ2) is 3.56. The van der Waals surface area contributed by atoms with Gasteiger partial charge in [0.2, 0.25) is 0 Å². The molecule has 0 radical (unpaired) electrons. The molecule has 1 saturated carbocycles. The SMILES string of the molecule is CC(C)(C)C(COC(N)=O)C1CC1.